The van der Waals surface area contributed by atoms with Crippen LogP contribution in [0.25, 0.3) is 34.3 Å². The van der Waals surface area contributed by atoms with E-state index in [4.69, 9.17) is 14.1 Å². The summed E-state index contributed by atoms with van der Waals surface area (Å²) in [5.41, 5.74) is 4.21. The van der Waals surface area contributed by atoms with Crippen LogP contribution in [0.5, 0.6) is 0 Å². The number of aryl methyl sites for hydroxylation is 1. The molecule has 1 amide bonds. The molecular weight excluding hydrogens is 406 g/mol. The Kier molecular flexibility index (Phi) is 5.43. The number of hydrogen-bond donors (Lipinski definition) is 0. The Morgan fingerprint density at radius 1 is 0.906 bits per heavy atom. The van der Waals surface area contributed by atoms with Gasteiger partial charge >= 0.3 is 0 Å². The Labute approximate surface area is 184 Å². The summed E-state index contributed by atoms with van der Waals surface area (Å²) in [6, 6.07) is 17.0. The maximum Gasteiger partial charge on any atom is 0.268 e. The molecule has 8 heteroatoms. The van der Waals surface area contributed by atoms with Crippen LogP contribution in [-0.4, -0.2) is 57.3 Å². The van der Waals surface area contributed by atoms with E-state index in [9.17, 15) is 4.79 Å². The third-order valence-electron chi connectivity index (χ3n) is 5.33. The molecule has 5 rings (SSSR count). The van der Waals surface area contributed by atoms with Gasteiger partial charge in [-0.3, -0.25) is 9.78 Å². The first kappa shape index (κ1) is 20.0. The number of rotatable bonds is 4. The number of nitrogens with zero attached hydrogens (tertiary/aromatic N) is 5. The van der Waals surface area contributed by atoms with Crippen LogP contribution < -0.4 is 0 Å². The van der Waals surface area contributed by atoms with Crippen molar-refractivity contribution in [2.75, 3.05) is 26.3 Å². The number of amides is 1. The van der Waals surface area contributed by atoms with Gasteiger partial charge in [-0.25, -0.2) is 4.98 Å². The number of carbonyl (C=O) groups excluding carboxylic acids is 1. The normalized spacial score (nSPS) is 13.8. The van der Waals surface area contributed by atoms with E-state index in [0.29, 0.717) is 60.7 Å². The maximum absolute atomic E-state index is 12.7. The van der Waals surface area contributed by atoms with Crippen LogP contribution in [0.1, 0.15) is 16.1 Å². The van der Waals surface area contributed by atoms with Crippen molar-refractivity contribution in [2.45, 2.75) is 6.92 Å². The molecule has 3 heterocycles. The molecule has 0 aliphatic carbocycles. The van der Waals surface area contributed by atoms with Crippen molar-refractivity contribution < 1.29 is 13.9 Å². The maximum atomic E-state index is 12.7. The zero-order valence-corrected chi connectivity index (χ0v) is 17.6. The molecule has 32 heavy (non-hydrogen) atoms. The molecule has 160 valence electrons. The Balaban J connectivity index is 1.40. The van der Waals surface area contributed by atoms with Crippen molar-refractivity contribution in [1.29, 1.82) is 0 Å². The fraction of sp³-hybridized carbons (Fsp3) is 0.208. The summed E-state index contributed by atoms with van der Waals surface area (Å²) in [5, 5.41) is 8.31. The summed E-state index contributed by atoms with van der Waals surface area (Å²) in [7, 11) is 0. The predicted octanol–water partition coefficient (Wildman–Crippen LogP) is 3.64. The summed E-state index contributed by atoms with van der Waals surface area (Å²) in [4.78, 5) is 23.7. The lowest BCUT2D eigenvalue weighted by atomic mass is 10.1. The zero-order chi connectivity index (χ0) is 21.9. The molecule has 8 nitrogen and oxygen atoms in total. The van der Waals surface area contributed by atoms with Crippen LogP contribution >= 0.6 is 0 Å². The highest BCUT2D eigenvalue weighted by Crippen LogP contribution is 2.26. The van der Waals surface area contributed by atoms with Gasteiger partial charge < -0.3 is 14.1 Å². The van der Waals surface area contributed by atoms with Crippen molar-refractivity contribution in [3.63, 3.8) is 0 Å². The quantitative estimate of drug-likeness (QED) is 0.491. The molecular formula is C24H21N5O3. The van der Waals surface area contributed by atoms with Gasteiger partial charge in [0.25, 0.3) is 11.8 Å². The molecule has 4 aromatic rings. The molecule has 2 aromatic heterocycles. The molecule has 0 saturated carbocycles. The SMILES string of the molecule is Cc1ncc(-c2ccc(C(=O)N3CCOCC3)cc2)nc1-c1nnc(-c2ccccc2)o1. The van der Waals surface area contributed by atoms with E-state index >= 15 is 0 Å². The van der Waals surface area contributed by atoms with Gasteiger partial charge in [0, 0.05) is 29.8 Å². The first-order chi connectivity index (χ1) is 15.7. The average molecular weight is 427 g/mol. The third-order valence-corrected chi connectivity index (χ3v) is 5.33. The highest BCUT2D eigenvalue weighted by molar-refractivity contribution is 5.94. The lowest BCUT2D eigenvalue weighted by Crippen LogP contribution is -2.40. The monoisotopic (exact) mass is 427 g/mol. The molecule has 1 aliphatic rings. The lowest BCUT2D eigenvalue weighted by molar-refractivity contribution is 0.0303. The Morgan fingerprint density at radius 3 is 2.38 bits per heavy atom. The zero-order valence-electron chi connectivity index (χ0n) is 17.6. The second-order valence-electron chi connectivity index (χ2n) is 7.45. The predicted molar refractivity (Wildman–Crippen MR) is 118 cm³/mol. The van der Waals surface area contributed by atoms with Crippen molar-refractivity contribution in [1.82, 2.24) is 25.1 Å². The van der Waals surface area contributed by atoms with Gasteiger partial charge in [0.1, 0.15) is 5.69 Å². The molecule has 0 atom stereocenters. The van der Waals surface area contributed by atoms with E-state index in [1.54, 1.807) is 6.20 Å². The fourth-order valence-corrected chi connectivity index (χ4v) is 3.54. The van der Waals surface area contributed by atoms with Crippen molar-refractivity contribution in [3.05, 3.63) is 72.1 Å². The van der Waals surface area contributed by atoms with Crippen LogP contribution in [0, 0.1) is 6.92 Å². The number of ether oxygens (including phenoxy) is 1. The summed E-state index contributed by atoms with van der Waals surface area (Å²) in [5.74, 6) is 0.753. The number of hydrogen-bond acceptors (Lipinski definition) is 7. The van der Waals surface area contributed by atoms with Gasteiger partial charge in [0.05, 0.1) is 30.8 Å². The van der Waals surface area contributed by atoms with E-state index < -0.39 is 0 Å². The number of morpholine rings is 1. The molecule has 1 saturated heterocycles. The van der Waals surface area contributed by atoms with Crippen molar-refractivity contribution >= 4 is 5.91 Å². The van der Waals surface area contributed by atoms with Crippen molar-refractivity contribution in [3.8, 4) is 34.3 Å². The minimum atomic E-state index is 0.00910. The largest absolute Gasteiger partial charge is 0.415 e. The third kappa shape index (κ3) is 4.00. The van der Waals surface area contributed by atoms with Crippen LogP contribution in [0.15, 0.2) is 65.2 Å². The van der Waals surface area contributed by atoms with Crippen molar-refractivity contribution in [2.24, 2.45) is 0 Å². The Morgan fingerprint density at radius 2 is 1.62 bits per heavy atom. The summed E-state index contributed by atoms with van der Waals surface area (Å²) in [6.45, 7) is 4.23. The van der Waals surface area contributed by atoms with Gasteiger partial charge in [0.15, 0.2) is 0 Å². The molecule has 0 unspecified atom stereocenters. The molecule has 0 N–H and O–H groups in total. The standard InChI is InChI=1S/C24H21N5O3/c1-16-21(23-28-27-22(32-23)18-5-3-2-4-6-18)26-20(15-25-16)17-7-9-19(10-8-17)24(30)29-11-13-31-14-12-29/h2-10,15H,11-14H2,1H3. The Bertz CT molecular complexity index is 1230. The number of benzene rings is 2. The highest BCUT2D eigenvalue weighted by Gasteiger charge is 2.19. The minimum Gasteiger partial charge on any atom is -0.415 e. The van der Waals surface area contributed by atoms with E-state index in [1.807, 2.05) is 66.4 Å². The van der Waals surface area contributed by atoms with Crippen LogP contribution in [-0.2, 0) is 4.74 Å². The smallest absolute Gasteiger partial charge is 0.268 e. The van der Waals surface area contributed by atoms with Gasteiger partial charge in [-0.15, -0.1) is 10.2 Å². The number of aromatic nitrogens is 4. The Hall–Kier alpha value is -3.91. The summed E-state index contributed by atoms with van der Waals surface area (Å²) >= 11 is 0. The second-order valence-corrected chi connectivity index (χ2v) is 7.45. The molecule has 0 spiro atoms. The summed E-state index contributed by atoms with van der Waals surface area (Å²) in [6.07, 6.45) is 1.70. The molecule has 1 aliphatic heterocycles. The first-order valence-corrected chi connectivity index (χ1v) is 10.4. The fourth-order valence-electron chi connectivity index (χ4n) is 3.54. The van der Waals surface area contributed by atoms with E-state index in [2.05, 4.69) is 15.2 Å². The lowest BCUT2D eigenvalue weighted by Gasteiger charge is -2.26. The molecule has 1 fully saturated rings. The van der Waals surface area contributed by atoms with Gasteiger partial charge in [-0.2, -0.15) is 0 Å². The topological polar surface area (TPSA) is 94.2 Å². The minimum absolute atomic E-state index is 0.00910. The molecule has 0 bridgehead atoms. The van der Waals surface area contributed by atoms with Crippen LogP contribution in [0.2, 0.25) is 0 Å². The second kappa shape index (κ2) is 8.68. The van der Waals surface area contributed by atoms with E-state index in [1.165, 1.54) is 0 Å². The van der Waals surface area contributed by atoms with Crippen LogP contribution in [0.3, 0.4) is 0 Å². The van der Waals surface area contributed by atoms with E-state index in [-0.39, 0.29) is 5.91 Å². The number of carbonyl (C=O) groups is 1. The van der Waals surface area contributed by atoms with Gasteiger partial charge in [-0.1, -0.05) is 30.3 Å². The molecule has 2 aromatic carbocycles. The average Bonchev–Trinajstić information content (AvgIpc) is 3.35. The first-order valence-electron chi connectivity index (χ1n) is 10.4. The highest BCUT2D eigenvalue weighted by atomic mass is 16.5. The van der Waals surface area contributed by atoms with E-state index in [0.717, 1.165) is 11.1 Å². The molecule has 0 radical (unpaired) electrons. The van der Waals surface area contributed by atoms with Gasteiger partial charge in [-0.05, 0) is 31.2 Å². The van der Waals surface area contributed by atoms with Gasteiger partial charge in [0.2, 0.25) is 5.89 Å². The summed E-state index contributed by atoms with van der Waals surface area (Å²) < 4.78 is 11.2. The van der Waals surface area contributed by atoms with Crippen LogP contribution in [0.4, 0.5) is 0 Å².